The van der Waals surface area contributed by atoms with E-state index in [9.17, 15) is 9.59 Å². The van der Waals surface area contributed by atoms with Crippen molar-refractivity contribution in [2.75, 3.05) is 10.6 Å². The van der Waals surface area contributed by atoms with Crippen molar-refractivity contribution in [2.24, 2.45) is 5.92 Å². The van der Waals surface area contributed by atoms with Gasteiger partial charge in [-0.2, -0.15) is 0 Å². The summed E-state index contributed by atoms with van der Waals surface area (Å²) in [7, 11) is 0. The molecule has 8 heteroatoms. The fourth-order valence-electron chi connectivity index (χ4n) is 3.01. The van der Waals surface area contributed by atoms with E-state index in [1.165, 1.54) is 11.3 Å². The molecule has 0 spiro atoms. The first-order chi connectivity index (χ1) is 14.7. The van der Waals surface area contributed by atoms with Gasteiger partial charge in [0, 0.05) is 11.3 Å². The van der Waals surface area contributed by atoms with Crippen LogP contribution in [0.4, 0.5) is 15.6 Å². The van der Waals surface area contributed by atoms with E-state index in [2.05, 4.69) is 26.1 Å². The molecular formula is C23H27N5O2S. The highest BCUT2D eigenvalue weighted by atomic mass is 32.1. The molecule has 31 heavy (non-hydrogen) atoms. The first-order valence-corrected chi connectivity index (χ1v) is 10.9. The molecule has 0 saturated heterocycles. The molecule has 3 aromatic rings. The van der Waals surface area contributed by atoms with Crippen molar-refractivity contribution in [2.45, 2.75) is 40.7 Å². The van der Waals surface area contributed by atoms with E-state index in [-0.39, 0.29) is 11.8 Å². The van der Waals surface area contributed by atoms with E-state index in [4.69, 9.17) is 0 Å². The first-order valence-electron chi connectivity index (χ1n) is 10.1. The Morgan fingerprint density at radius 2 is 1.71 bits per heavy atom. The summed E-state index contributed by atoms with van der Waals surface area (Å²) in [5, 5.41) is 17.7. The Balaban J connectivity index is 1.65. The predicted octanol–water partition coefficient (Wildman–Crippen LogP) is 4.92. The number of anilines is 2. The SMILES string of the molecule is Cc1cccc(-c2nnc(NC(=O)C(NC(=O)Nc3ccc(C)c(C)c3)C(C)C)s2)c1. The lowest BCUT2D eigenvalue weighted by Crippen LogP contribution is -2.48. The maximum atomic E-state index is 12.8. The fraction of sp³-hybridized carbons (Fsp3) is 0.304. The molecule has 162 valence electrons. The molecule has 3 rings (SSSR count). The number of aryl methyl sites for hydroxylation is 3. The first kappa shape index (κ1) is 22.4. The fourth-order valence-corrected chi connectivity index (χ4v) is 3.76. The molecule has 1 atom stereocenters. The highest BCUT2D eigenvalue weighted by Gasteiger charge is 2.25. The zero-order valence-corrected chi connectivity index (χ0v) is 19.1. The van der Waals surface area contributed by atoms with Gasteiger partial charge in [-0.05, 0) is 56.0 Å². The molecule has 0 aliphatic rings. The number of nitrogens with one attached hydrogen (secondary N) is 3. The average molecular weight is 438 g/mol. The number of hydrogen-bond donors (Lipinski definition) is 3. The molecule has 0 aliphatic heterocycles. The van der Waals surface area contributed by atoms with Crippen molar-refractivity contribution >= 4 is 34.1 Å². The molecule has 0 bridgehead atoms. The summed E-state index contributed by atoms with van der Waals surface area (Å²) in [4.78, 5) is 25.3. The summed E-state index contributed by atoms with van der Waals surface area (Å²) in [6.45, 7) is 9.75. The lowest BCUT2D eigenvalue weighted by Gasteiger charge is -2.21. The lowest BCUT2D eigenvalue weighted by atomic mass is 10.0. The topological polar surface area (TPSA) is 96.0 Å². The monoisotopic (exact) mass is 437 g/mol. The molecule has 0 radical (unpaired) electrons. The summed E-state index contributed by atoms with van der Waals surface area (Å²) >= 11 is 1.29. The Morgan fingerprint density at radius 1 is 0.935 bits per heavy atom. The number of amides is 3. The molecule has 3 N–H and O–H groups in total. The van der Waals surface area contributed by atoms with Gasteiger partial charge in [-0.25, -0.2) is 4.79 Å². The van der Waals surface area contributed by atoms with Crippen molar-refractivity contribution < 1.29 is 9.59 Å². The number of rotatable bonds is 6. The zero-order valence-electron chi connectivity index (χ0n) is 18.3. The van der Waals surface area contributed by atoms with Crippen LogP contribution >= 0.6 is 11.3 Å². The van der Waals surface area contributed by atoms with Crippen LogP contribution in [0.1, 0.15) is 30.5 Å². The molecular weight excluding hydrogens is 410 g/mol. The highest BCUT2D eigenvalue weighted by Crippen LogP contribution is 2.27. The number of hydrogen-bond acceptors (Lipinski definition) is 5. The van der Waals surface area contributed by atoms with Crippen LogP contribution in [0.2, 0.25) is 0 Å². The maximum Gasteiger partial charge on any atom is 0.319 e. The van der Waals surface area contributed by atoms with Gasteiger partial charge in [-0.3, -0.25) is 10.1 Å². The Bertz CT molecular complexity index is 1090. The second kappa shape index (κ2) is 9.70. The van der Waals surface area contributed by atoms with Crippen LogP contribution < -0.4 is 16.0 Å². The van der Waals surface area contributed by atoms with Crippen LogP contribution in [0.15, 0.2) is 42.5 Å². The second-order valence-electron chi connectivity index (χ2n) is 7.89. The third-order valence-electron chi connectivity index (χ3n) is 4.92. The van der Waals surface area contributed by atoms with Gasteiger partial charge in [0.15, 0.2) is 0 Å². The Kier molecular flexibility index (Phi) is 7.02. The third kappa shape index (κ3) is 5.88. The number of aromatic nitrogens is 2. The van der Waals surface area contributed by atoms with Crippen molar-refractivity contribution in [3.05, 3.63) is 59.2 Å². The molecule has 0 aliphatic carbocycles. The number of urea groups is 1. The normalized spacial score (nSPS) is 11.8. The van der Waals surface area contributed by atoms with Crippen molar-refractivity contribution in [3.63, 3.8) is 0 Å². The van der Waals surface area contributed by atoms with E-state index in [1.807, 2.05) is 77.1 Å². The molecule has 3 amide bonds. The van der Waals surface area contributed by atoms with Gasteiger partial charge in [-0.15, -0.1) is 10.2 Å². The maximum absolute atomic E-state index is 12.8. The van der Waals surface area contributed by atoms with Crippen molar-refractivity contribution in [1.82, 2.24) is 15.5 Å². The van der Waals surface area contributed by atoms with E-state index in [1.54, 1.807) is 0 Å². The van der Waals surface area contributed by atoms with Crippen LogP contribution in [0, 0.1) is 26.7 Å². The van der Waals surface area contributed by atoms with Gasteiger partial charge < -0.3 is 10.6 Å². The number of carbonyl (C=O) groups excluding carboxylic acids is 2. The minimum absolute atomic E-state index is 0.116. The van der Waals surface area contributed by atoms with Gasteiger partial charge >= 0.3 is 6.03 Å². The molecule has 2 aromatic carbocycles. The zero-order chi connectivity index (χ0) is 22.5. The van der Waals surface area contributed by atoms with E-state index >= 15 is 0 Å². The summed E-state index contributed by atoms with van der Waals surface area (Å²) in [5.74, 6) is -0.452. The summed E-state index contributed by atoms with van der Waals surface area (Å²) in [6.07, 6.45) is 0. The Hall–Kier alpha value is -3.26. The second-order valence-corrected chi connectivity index (χ2v) is 8.87. The summed E-state index contributed by atoms with van der Waals surface area (Å²) in [6, 6.07) is 12.4. The minimum Gasteiger partial charge on any atom is -0.326 e. The van der Waals surface area contributed by atoms with Gasteiger partial charge in [0.2, 0.25) is 11.0 Å². The van der Waals surface area contributed by atoms with Crippen LogP contribution in [0.5, 0.6) is 0 Å². The van der Waals surface area contributed by atoms with E-state index < -0.39 is 12.1 Å². The molecule has 0 saturated carbocycles. The lowest BCUT2D eigenvalue weighted by molar-refractivity contribution is -0.118. The molecule has 0 fully saturated rings. The number of benzene rings is 2. The average Bonchev–Trinajstić information content (AvgIpc) is 3.17. The number of carbonyl (C=O) groups is 2. The third-order valence-corrected chi connectivity index (χ3v) is 5.81. The minimum atomic E-state index is -0.724. The molecule has 7 nitrogen and oxygen atoms in total. The van der Waals surface area contributed by atoms with E-state index in [0.29, 0.717) is 10.8 Å². The van der Waals surface area contributed by atoms with Gasteiger partial charge in [0.1, 0.15) is 11.0 Å². The van der Waals surface area contributed by atoms with Crippen molar-refractivity contribution in [1.29, 1.82) is 0 Å². The highest BCUT2D eigenvalue weighted by molar-refractivity contribution is 7.18. The Labute approximate surface area is 186 Å². The molecule has 1 aromatic heterocycles. The van der Waals surface area contributed by atoms with Gasteiger partial charge in [0.25, 0.3) is 0 Å². The molecule has 1 unspecified atom stereocenters. The van der Waals surface area contributed by atoms with Crippen LogP contribution in [0.25, 0.3) is 10.6 Å². The van der Waals surface area contributed by atoms with E-state index in [0.717, 1.165) is 27.3 Å². The predicted molar refractivity (Wildman–Crippen MR) is 125 cm³/mol. The Morgan fingerprint density at radius 3 is 2.39 bits per heavy atom. The van der Waals surface area contributed by atoms with Crippen LogP contribution in [0.3, 0.4) is 0 Å². The largest absolute Gasteiger partial charge is 0.326 e. The van der Waals surface area contributed by atoms with Crippen molar-refractivity contribution in [3.8, 4) is 10.6 Å². The summed E-state index contributed by atoms with van der Waals surface area (Å²) < 4.78 is 0. The quantitative estimate of drug-likeness (QED) is 0.510. The van der Waals surface area contributed by atoms with Crippen LogP contribution in [-0.2, 0) is 4.79 Å². The molecule has 1 heterocycles. The number of nitrogens with zero attached hydrogens (tertiary/aromatic N) is 2. The van der Waals surface area contributed by atoms with Gasteiger partial charge in [-0.1, -0.05) is 55.0 Å². The van der Waals surface area contributed by atoms with Crippen LogP contribution in [-0.4, -0.2) is 28.2 Å². The summed E-state index contributed by atoms with van der Waals surface area (Å²) in [5.41, 5.74) is 4.97. The van der Waals surface area contributed by atoms with Gasteiger partial charge in [0.05, 0.1) is 0 Å². The standard InChI is InChI=1S/C23H27N5O2S/c1-13(2)19(25-22(30)24-18-10-9-15(4)16(5)12-18)20(29)26-23-28-27-21(31-23)17-8-6-7-14(3)11-17/h6-13,19H,1-5H3,(H2,24,25,30)(H,26,28,29). The smallest absolute Gasteiger partial charge is 0.319 e.